The number of nitrogens with one attached hydrogen (secondary N) is 4. The van der Waals surface area contributed by atoms with Crippen molar-refractivity contribution in [3.05, 3.63) is 12.7 Å². The molecule has 5 amide bonds. The van der Waals surface area contributed by atoms with Crippen LogP contribution in [-0.2, 0) is 29.4 Å². The lowest BCUT2D eigenvalue weighted by Crippen LogP contribution is -2.62. The standard InChI is InChI=1S/C37H63N7O7S/c1-9-11-18-26(31(45)33(47)38-19-10-2)39-32(46)30-28-25(37(28,6)7)22-44(30)34(48)29(24-16-13-12-14-17-24)41-35(49)40-27(36(3,4)5)23-43-21-15-20-42(8)52(43,50)51/h10,24-30H,2,9,11-23H2,1,3-8H3,(H,38,47)(H,39,46)(H2,40,41,49)/t25-,26?,27+,28-,29-,30-/m0/s1. The number of amides is 5. The van der Waals surface area contributed by atoms with E-state index < -0.39 is 63.4 Å². The highest BCUT2D eigenvalue weighted by Crippen LogP contribution is 2.65. The number of carbonyl (C=O) groups excluding carboxylic acids is 5. The topological polar surface area (TPSA) is 177 Å². The Morgan fingerprint density at radius 1 is 0.981 bits per heavy atom. The number of hydrogen-bond acceptors (Lipinski definition) is 7. The van der Waals surface area contributed by atoms with Crippen LogP contribution in [0.1, 0.15) is 99.3 Å². The fraction of sp³-hybridized carbons (Fsp3) is 0.811. The first kappa shape index (κ1) is 41.7. The Bertz CT molecular complexity index is 1460. The minimum Gasteiger partial charge on any atom is -0.346 e. The smallest absolute Gasteiger partial charge is 0.315 e. The van der Waals surface area contributed by atoms with Crippen LogP contribution in [0.25, 0.3) is 0 Å². The summed E-state index contributed by atoms with van der Waals surface area (Å²) in [7, 11) is -2.11. The first-order chi connectivity index (χ1) is 24.4. The summed E-state index contributed by atoms with van der Waals surface area (Å²) >= 11 is 0. The van der Waals surface area contributed by atoms with Gasteiger partial charge in [-0.15, -0.1) is 6.58 Å². The van der Waals surface area contributed by atoms with Crippen molar-refractivity contribution in [1.82, 2.24) is 34.8 Å². The van der Waals surface area contributed by atoms with Crippen LogP contribution in [0.3, 0.4) is 0 Å². The van der Waals surface area contributed by atoms with Gasteiger partial charge in [-0.3, -0.25) is 19.2 Å². The number of Topliss-reactive ketones (excluding diaryl/α,β-unsaturated/α-hetero) is 1. The lowest BCUT2D eigenvalue weighted by Gasteiger charge is -2.40. The monoisotopic (exact) mass is 749 g/mol. The van der Waals surface area contributed by atoms with E-state index in [1.54, 1.807) is 11.9 Å². The number of hydrogen-bond donors (Lipinski definition) is 4. The van der Waals surface area contributed by atoms with Gasteiger partial charge in [0.1, 0.15) is 12.1 Å². The Morgan fingerprint density at radius 2 is 1.65 bits per heavy atom. The van der Waals surface area contributed by atoms with E-state index >= 15 is 0 Å². The predicted molar refractivity (Wildman–Crippen MR) is 199 cm³/mol. The molecule has 4 rings (SSSR count). The molecule has 294 valence electrons. The van der Waals surface area contributed by atoms with Crippen LogP contribution in [0.2, 0.25) is 0 Å². The molecule has 52 heavy (non-hydrogen) atoms. The van der Waals surface area contributed by atoms with E-state index in [0.717, 1.165) is 38.5 Å². The molecule has 2 saturated heterocycles. The summed E-state index contributed by atoms with van der Waals surface area (Å²) in [6, 6.07) is -3.92. The lowest BCUT2D eigenvalue weighted by atomic mass is 9.83. The Kier molecular flexibility index (Phi) is 13.6. The van der Waals surface area contributed by atoms with Crippen molar-refractivity contribution in [3.8, 4) is 0 Å². The molecule has 2 aliphatic carbocycles. The highest BCUT2D eigenvalue weighted by Gasteiger charge is 2.69. The van der Waals surface area contributed by atoms with Gasteiger partial charge in [0.2, 0.25) is 17.6 Å². The van der Waals surface area contributed by atoms with Crippen molar-refractivity contribution in [2.75, 3.05) is 39.8 Å². The van der Waals surface area contributed by atoms with Crippen molar-refractivity contribution in [2.45, 2.75) is 123 Å². The maximum Gasteiger partial charge on any atom is 0.315 e. The molecular weight excluding hydrogens is 687 g/mol. The molecule has 2 saturated carbocycles. The molecule has 0 radical (unpaired) electrons. The Hall–Kier alpha value is -3.04. The second-order valence-corrected chi connectivity index (χ2v) is 18.9. The fourth-order valence-corrected chi connectivity index (χ4v) is 9.80. The summed E-state index contributed by atoms with van der Waals surface area (Å²) in [5.41, 5.74) is -0.705. The highest BCUT2D eigenvalue weighted by molar-refractivity contribution is 7.86. The average molecular weight is 750 g/mol. The fourth-order valence-electron chi connectivity index (χ4n) is 8.35. The molecule has 15 heteroatoms. The minimum atomic E-state index is -3.66. The van der Waals surface area contributed by atoms with Crippen LogP contribution in [0.4, 0.5) is 4.79 Å². The quantitative estimate of drug-likeness (QED) is 0.147. The van der Waals surface area contributed by atoms with Crippen LogP contribution in [0.15, 0.2) is 12.7 Å². The van der Waals surface area contributed by atoms with Crippen LogP contribution in [-0.4, -0.2) is 115 Å². The van der Waals surface area contributed by atoms with Crippen LogP contribution >= 0.6 is 0 Å². The summed E-state index contributed by atoms with van der Waals surface area (Å²) in [5, 5.41) is 11.4. The number of piperidine rings is 1. The molecule has 6 atom stereocenters. The SMILES string of the molecule is C=CCNC(=O)C(=O)C(CCCC)NC(=O)[C@@H]1[C@@H]2[C@H](CN1C(=O)[C@@H](NC(=O)N[C@H](CN1CCCN(C)S1(=O)=O)C(C)(C)C)C1CCCCC1)C2(C)C. The molecule has 4 aliphatic rings. The zero-order valence-corrected chi connectivity index (χ0v) is 33.1. The second kappa shape index (κ2) is 17.0. The largest absolute Gasteiger partial charge is 0.346 e. The third-order valence-corrected chi connectivity index (χ3v) is 13.8. The van der Waals surface area contributed by atoms with E-state index in [2.05, 4.69) is 41.7 Å². The van der Waals surface area contributed by atoms with E-state index in [1.807, 2.05) is 27.7 Å². The van der Waals surface area contributed by atoms with Gasteiger partial charge in [0.05, 0.1) is 6.04 Å². The summed E-state index contributed by atoms with van der Waals surface area (Å²) in [6.07, 6.45) is 8.18. The van der Waals surface area contributed by atoms with Gasteiger partial charge in [0, 0.05) is 45.8 Å². The van der Waals surface area contributed by atoms with Crippen molar-refractivity contribution < 1.29 is 32.4 Å². The lowest BCUT2D eigenvalue weighted by molar-refractivity contribution is -0.144. The molecule has 0 aromatic carbocycles. The van der Waals surface area contributed by atoms with Crippen molar-refractivity contribution in [2.24, 2.45) is 28.6 Å². The molecule has 0 aromatic heterocycles. The first-order valence-corrected chi connectivity index (χ1v) is 20.6. The molecule has 4 fully saturated rings. The van der Waals surface area contributed by atoms with Crippen molar-refractivity contribution >= 4 is 39.7 Å². The number of rotatable bonds is 15. The first-order valence-electron chi connectivity index (χ1n) is 19.2. The number of fused-ring (bicyclic) bond motifs is 1. The summed E-state index contributed by atoms with van der Waals surface area (Å²) in [6.45, 7) is 16.8. The summed E-state index contributed by atoms with van der Waals surface area (Å²) in [4.78, 5) is 70.1. The van der Waals surface area contributed by atoms with E-state index in [1.165, 1.54) is 14.7 Å². The maximum absolute atomic E-state index is 14.7. The van der Waals surface area contributed by atoms with E-state index in [-0.39, 0.29) is 48.6 Å². The number of ketones is 1. The maximum atomic E-state index is 14.7. The molecule has 1 unspecified atom stereocenters. The normalized spacial score (nSPS) is 26.3. The molecule has 2 aliphatic heterocycles. The molecule has 0 aromatic rings. The van der Waals surface area contributed by atoms with Gasteiger partial charge in [-0.2, -0.15) is 17.0 Å². The van der Waals surface area contributed by atoms with Gasteiger partial charge in [0.15, 0.2) is 0 Å². The van der Waals surface area contributed by atoms with E-state index in [9.17, 15) is 32.4 Å². The third kappa shape index (κ3) is 9.36. The van der Waals surface area contributed by atoms with Gasteiger partial charge < -0.3 is 26.2 Å². The number of urea groups is 1. The Balaban J connectivity index is 1.56. The Morgan fingerprint density at radius 3 is 2.27 bits per heavy atom. The number of likely N-dealkylation sites (tertiary alicyclic amines) is 1. The second-order valence-electron chi connectivity index (χ2n) is 16.9. The van der Waals surface area contributed by atoms with Crippen LogP contribution in [0, 0.1) is 28.6 Å². The average Bonchev–Trinajstić information content (AvgIpc) is 3.38. The number of unbranched alkanes of at least 4 members (excludes halogenated alkanes) is 1. The number of carbonyl (C=O) groups is 5. The van der Waals surface area contributed by atoms with Gasteiger partial charge in [-0.05, 0) is 54.3 Å². The van der Waals surface area contributed by atoms with Crippen molar-refractivity contribution in [3.63, 3.8) is 0 Å². The summed E-state index contributed by atoms with van der Waals surface area (Å²) in [5.74, 6) is -2.54. The molecule has 4 N–H and O–H groups in total. The summed E-state index contributed by atoms with van der Waals surface area (Å²) < 4.78 is 28.9. The molecule has 2 heterocycles. The Labute approximate surface area is 310 Å². The minimum absolute atomic E-state index is 0.0728. The molecular formula is C37H63N7O7S. The van der Waals surface area contributed by atoms with E-state index in [0.29, 0.717) is 32.5 Å². The van der Waals surface area contributed by atoms with Crippen LogP contribution in [0.5, 0.6) is 0 Å². The number of nitrogens with zero attached hydrogens (tertiary/aromatic N) is 3. The van der Waals surface area contributed by atoms with Gasteiger partial charge in [-0.25, -0.2) is 4.79 Å². The zero-order chi connectivity index (χ0) is 38.6. The zero-order valence-electron chi connectivity index (χ0n) is 32.3. The third-order valence-electron chi connectivity index (χ3n) is 11.9. The molecule has 0 bridgehead atoms. The van der Waals surface area contributed by atoms with E-state index in [4.69, 9.17) is 0 Å². The van der Waals surface area contributed by atoms with Gasteiger partial charge in [0.25, 0.3) is 16.1 Å². The molecule has 0 spiro atoms. The molecule has 14 nitrogen and oxygen atoms in total. The van der Waals surface area contributed by atoms with Gasteiger partial charge in [-0.1, -0.05) is 79.7 Å². The van der Waals surface area contributed by atoms with Gasteiger partial charge >= 0.3 is 6.03 Å². The highest BCUT2D eigenvalue weighted by atomic mass is 32.2. The predicted octanol–water partition coefficient (Wildman–Crippen LogP) is 2.56. The van der Waals surface area contributed by atoms with Crippen LogP contribution < -0.4 is 21.3 Å². The van der Waals surface area contributed by atoms with Crippen molar-refractivity contribution in [1.29, 1.82) is 0 Å².